The monoisotopic (exact) mass is 225 g/mol. The highest BCUT2D eigenvalue weighted by molar-refractivity contribution is 5.88. The first-order valence-corrected chi connectivity index (χ1v) is 5.42. The van der Waals surface area contributed by atoms with Crippen LogP contribution in [0, 0.1) is 5.92 Å². The molecule has 0 radical (unpaired) electrons. The van der Waals surface area contributed by atoms with Crippen molar-refractivity contribution >= 4 is 5.97 Å². The number of nitrogens with one attached hydrogen (secondary N) is 1. The molecule has 0 atom stereocenters. The van der Waals surface area contributed by atoms with Crippen LogP contribution in [0.3, 0.4) is 0 Å². The molecule has 0 aliphatic heterocycles. The summed E-state index contributed by atoms with van der Waals surface area (Å²) in [5.41, 5.74) is 0.457. The third kappa shape index (κ3) is 3.64. The quantitative estimate of drug-likeness (QED) is 0.798. The lowest BCUT2D eigenvalue weighted by molar-refractivity contribution is 0.00614. The van der Waals surface area contributed by atoms with Gasteiger partial charge < -0.3 is 4.74 Å². The average Bonchev–Trinajstić information content (AvgIpc) is 2.47. The van der Waals surface area contributed by atoms with Crippen LogP contribution in [-0.2, 0) is 11.2 Å². The molecule has 0 saturated heterocycles. The fourth-order valence-electron chi connectivity index (χ4n) is 1.27. The molecule has 5 heteroatoms. The van der Waals surface area contributed by atoms with Crippen LogP contribution < -0.4 is 0 Å². The number of carbonyl (C=O) groups excluding carboxylic acids is 1. The van der Waals surface area contributed by atoms with Crippen LogP contribution in [0.15, 0.2) is 0 Å². The molecule has 0 aromatic carbocycles. The molecule has 1 aromatic heterocycles. The van der Waals surface area contributed by atoms with E-state index in [1.165, 1.54) is 0 Å². The third-order valence-electron chi connectivity index (χ3n) is 1.81. The summed E-state index contributed by atoms with van der Waals surface area (Å²) in [5, 5.41) is 10.3. The Morgan fingerprint density at radius 1 is 1.38 bits per heavy atom. The first kappa shape index (κ1) is 12.7. The number of nitrogens with zero attached hydrogens (tertiary/aromatic N) is 2. The highest BCUT2D eigenvalue weighted by Crippen LogP contribution is 2.14. The van der Waals surface area contributed by atoms with Gasteiger partial charge in [0.1, 0.15) is 5.60 Å². The normalized spacial score (nSPS) is 11.9. The van der Waals surface area contributed by atoms with Crippen LogP contribution in [0.25, 0.3) is 0 Å². The molecule has 0 saturated carbocycles. The maximum absolute atomic E-state index is 11.8. The maximum atomic E-state index is 11.8. The second-order valence-electron chi connectivity index (χ2n) is 5.22. The Kier molecular flexibility index (Phi) is 3.67. The summed E-state index contributed by atoms with van der Waals surface area (Å²) >= 11 is 0. The van der Waals surface area contributed by atoms with Gasteiger partial charge in [0.05, 0.1) is 5.69 Å². The molecule has 0 bridgehead atoms. The van der Waals surface area contributed by atoms with E-state index in [0.29, 0.717) is 23.7 Å². The molecule has 1 aromatic rings. The number of esters is 1. The second-order valence-corrected chi connectivity index (χ2v) is 5.22. The van der Waals surface area contributed by atoms with Crippen molar-refractivity contribution in [2.45, 2.75) is 46.6 Å². The lowest BCUT2D eigenvalue weighted by Gasteiger charge is -2.18. The van der Waals surface area contributed by atoms with Gasteiger partial charge in [0, 0.05) is 0 Å². The Labute approximate surface area is 95.6 Å². The molecule has 1 heterocycles. The highest BCUT2D eigenvalue weighted by atomic mass is 16.6. The maximum Gasteiger partial charge on any atom is 0.361 e. The summed E-state index contributed by atoms with van der Waals surface area (Å²) in [6, 6.07) is 0. The predicted octanol–water partition coefficient (Wildman–Crippen LogP) is 1.96. The zero-order chi connectivity index (χ0) is 12.3. The van der Waals surface area contributed by atoms with Crippen LogP contribution in [-0.4, -0.2) is 27.0 Å². The van der Waals surface area contributed by atoms with Crippen molar-refractivity contribution in [3.05, 3.63) is 11.4 Å². The van der Waals surface area contributed by atoms with Crippen LogP contribution in [0.2, 0.25) is 0 Å². The van der Waals surface area contributed by atoms with E-state index in [1.807, 2.05) is 20.8 Å². The van der Waals surface area contributed by atoms with Gasteiger partial charge in [-0.3, -0.25) is 0 Å². The van der Waals surface area contributed by atoms with Crippen LogP contribution in [0.5, 0.6) is 0 Å². The van der Waals surface area contributed by atoms with Gasteiger partial charge in [-0.2, -0.15) is 10.3 Å². The fraction of sp³-hybridized carbons (Fsp3) is 0.727. The van der Waals surface area contributed by atoms with Gasteiger partial charge in [-0.15, -0.1) is 5.10 Å². The summed E-state index contributed by atoms with van der Waals surface area (Å²) < 4.78 is 5.24. The van der Waals surface area contributed by atoms with Crippen molar-refractivity contribution in [3.63, 3.8) is 0 Å². The number of carbonyl (C=O) groups is 1. The SMILES string of the molecule is CC(C)Cc1n[nH]nc1C(=O)OC(C)(C)C. The third-order valence-corrected chi connectivity index (χ3v) is 1.81. The first-order valence-electron chi connectivity index (χ1n) is 5.42. The Morgan fingerprint density at radius 2 is 2.00 bits per heavy atom. The molecular weight excluding hydrogens is 206 g/mol. The van der Waals surface area contributed by atoms with Crippen molar-refractivity contribution in [1.82, 2.24) is 15.4 Å². The summed E-state index contributed by atoms with van der Waals surface area (Å²) in [5.74, 6) is 0.00295. The number of H-pyrrole nitrogens is 1. The Morgan fingerprint density at radius 3 is 2.50 bits per heavy atom. The Bertz CT molecular complexity index is 364. The van der Waals surface area contributed by atoms with Gasteiger partial charge in [0.15, 0.2) is 5.69 Å². The largest absolute Gasteiger partial charge is 0.455 e. The average molecular weight is 225 g/mol. The predicted molar refractivity (Wildman–Crippen MR) is 60.1 cm³/mol. The molecule has 1 N–H and O–H groups in total. The zero-order valence-corrected chi connectivity index (χ0v) is 10.5. The van der Waals surface area contributed by atoms with Crippen LogP contribution in [0.1, 0.15) is 50.8 Å². The van der Waals surface area contributed by atoms with Crippen molar-refractivity contribution in [2.75, 3.05) is 0 Å². The molecular formula is C11H19N3O2. The smallest absolute Gasteiger partial charge is 0.361 e. The molecule has 0 spiro atoms. The van der Waals surface area contributed by atoms with Crippen LogP contribution >= 0.6 is 0 Å². The molecule has 5 nitrogen and oxygen atoms in total. The summed E-state index contributed by atoms with van der Waals surface area (Å²) in [4.78, 5) is 11.8. The Balaban J connectivity index is 2.80. The standard InChI is InChI=1S/C11H19N3O2/c1-7(2)6-8-9(13-14-12-8)10(15)16-11(3,4)5/h7H,6H2,1-5H3,(H,12,13,14). The minimum absolute atomic E-state index is 0.295. The topological polar surface area (TPSA) is 67.9 Å². The van der Waals surface area contributed by atoms with Gasteiger partial charge in [-0.05, 0) is 33.1 Å². The second kappa shape index (κ2) is 4.63. The molecule has 0 aliphatic rings. The van der Waals surface area contributed by atoms with E-state index in [2.05, 4.69) is 29.3 Å². The molecule has 1 rings (SSSR count). The lowest BCUT2D eigenvalue weighted by Crippen LogP contribution is -2.25. The minimum atomic E-state index is -0.509. The van der Waals surface area contributed by atoms with Crippen molar-refractivity contribution < 1.29 is 9.53 Å². The number of ether oxygens (including phenoxy) is 1. The summed E-state index contributed by atoms with van der Waals surface area (Å²) in [6.45, 7) is 9.61. The highest BCUT2D eigenvalue weighted by Gasteiger charge is 2.23. The van der Waals surface area contributed by atoms with Gasteiger partial charge in [-0.1, -0.05) is 13.8 Å². The number of hydrogen-bond acceptors (Lipinski definition) is 4. The summed E-state index contributed by atoms with van der Waals surface area (Å²) in [7, 11) is 0. The minimum Gasteiger partial charge on any atom is -0.455 e. The zero-order valence-electron chi connectivity index (χ0n) is 10.5. The fourth-order valence-corrected chi connectivity index (χ4v) is 1.27. The Hall–Kier alpha value is -1.39. The van der Waals surface area contributed by atoms with Gasteiger partial charge >= 0.3 is 5.97 Å². The van der Waals surface area contributed by atoms with E-state index in [1.54, 1.807) is 0 Å². The van der Waals surface area contributed by atoms with Crippen molar-refractivity contribution in [1.29, 1.82) is 0 Å². The van der Waals surface area contributed by atoms with Crippen molar-refractivity contribution in [3.8, 4) is 0 Å². The summed E-state index contributed by atoms with van der Waals surface area (Å²) in [6.07, 6.45) is 0.713. The van der Waals surface area contributed by atoms with E-state index >= 15 is 0 Å². The van der Waals surface area contributed by atoms with Gasteiger partial charge in [0.2, 0.25) is 0 Å². The van der Waals surface area contributed by atoms with Crippen LogP contribution in [0.4, 0.5) is 0 Å². The van der Waals surface area contributed by atoms with E-state index in [9.17, 15) is 4.79 Å². The molecule has 90 valence electrons. The van der Waals surface area contributed by atoms with Gasteiger partial charge in [0.25, 0.3) is 0 Å². The van der Waals surface area contributed by atoms with E-state index in [0.717, 1.165) is 0 Å². The molecule has 0 unspecified atom stereocenters. The number of aromatic nitrogens is 3. The first-order chi connectivity index (χ1) is 7.29. The molecule has 16 heavy (non-hydrogen) atoms. The number of rotatable bonds is 3. The number of aromatic amines is 1. The van der Waals surface area contributed by atoms with E-state index < -0.39 is 11.6 Å². The lowest BCUT2D eigenvalue weighted by atomic mass is 10.1. The van der Waals surface area contributed by atoms with Gasteiger partial charge in [-0.25, -0.2) is 4.79 Å². The molecule has 0 amide bonds. The number of hydrogen-bond donors (Lipinski definition) is 1. The van der Waals surface area contributed by atoms with E-state index in [-0.39, 0.29) is 0 Å². The van der Waals surface area contributed by atoms with Crippen molar-refractivity contribution in [2.24, 2.45) is 5.92 Å². The molecule has 0 aliphatic carbocycles. The van der Waals surface area contributed by atoms with E-state index in [4.69, 9.17) is 4.74 Å². The molecule has 0 fully saturated rings.